The molecule has 1 aliphatic heterocycles. The molecule has 0 saturated heterocycles. The molecule has 92 valence electrons. The highest BCUT2D eigenvalue weighted by Gasteiger charge is 2.30. The zero-order valence-electron chi connectivity index (χ0n) is 10.9. The highest BCUT2D eigenvalue weighted by molar-refractivity contribution is 5.43. The average molecular weight is 237 g/mol. The van der Waals surface area contributed by atoms with E-state index in [4.69, 9.17) is 0 Å². The van der Waals surface area contributed by atoms with Gasteiger partial charge < -0.3 is 5.32 Å². The van der Waals surface area contributed by atoms with Gasteiger partial charge in [0.05, 0.1) is 0 Å². The van der Waals surface area contributed by atoms with Gasteiger partial charge in [0.1, 0.15) is 0 Å². The summed E-state index contributed by atoms with van der Waals surface area (Å²) in [6.45, 7) is 4.53. The van der Waals surface area contributed by atoms with Gasteiger partial charge >= 0.3 is 0 Å². The van der Waals surface area contributed by atoms with Crippen LogP contribution in [-0.2, 0) is 0 Å². The van der Waals surface area contributed by atoms with Crippen LogP contribution in [0, 0.1) is 0 Å². The largest absolute Gasteiger partial charge is 0.307 e. The Kier molecular flexibility index (Phi) is 2.92. The molecule has 3 rings (SSSR count). The molecule has 1 heterocycles. The normalized spacial score (nSPS) is 26.7. The number of fused-ring (bicyclic) bond motifs is 1. The Hall–Kier alpha value is -1.60. The standard InChI is InChI=1S/C17H19N/c1-12-15-10-6-7-11-16(15)17(13(2)18-12)14-8-4-3-5-9-14/h3-13,17-18H,1-2H3/t12-,13+,17-/m1/s1. The quantitative estimate of drug-likeness (QED) is 0.794. The molecule has 0 saturated carbocycles. The van der Waals surface area contributed by atoms with Gasteiger partial charge in [-0.1, -0.05) is 54.6 Å². The third-order valence-electron chi connectivity index (χ3n) is 3.97. The van der Waals surface area contributed by atoms with Gasteiger partial charge in [0.15, 0.2) is 0 Å². The second-order valence-corrected chi connectivity index (χ2v) is 5.19. The van der Waals surface area contributed by atoms with Crippen molar-refractivity contribution in [2.24, 2.45) is 0 Å². The Morgan fingerprint density at radius 3 is 2.11 bits per heavy atom. The van der Waals surface area contributed by atoms with Crippen LogP contribution in [0.4, 0.5) is 0 Å². The first-order valence-electron chi connectivity index (χ1n) is 6.67. The molecule has 3 atom stereocenters. The van der Waals surface area contributed by atoms with E-state index in [0.717, 1.165) is 0 Å². The van der Waals surface area contributed by atoms with Gasteiger partial charge in [-0.3, -0.25) is 0 Å². The molecule has 18 heavy (non-hydrogen) atoms. The van der Waals surface area contributed by atoms with Crippen molar-refractivity contribution in [1.29, 1.82) is 0 Å². The Labute approximate surface area is 109 Å². The van der Waals surface area contributed by atoms with Crippen LogP contribution in [0.15, 0.2) is 54.6 Å². The lowest BCUT2D eigenvalue weighted by atomic mass is 9.78. The number of rotatable bonds is 1. The molecule has 1 heteroatoms. The van der Waals surface area contributed by atoms with Gasteiger partial charge in [0.2, 0.25) is 0 Å². The fraction of sp³-hybridized carbons (Fsp3) is 0.294. The van der Waals surface area contributed by atoms with Gasteiger partial charge in [-0.05, 0) is 30.5 Å². The van der Waals surface area contributed by atoms with Crippen LogP contribution in [0.2, 0.25) is 0 Å². The maximum Gasteiger partial charge on any atom is 0.0297 e. The molecule has 2 aromatic carbocycles. The molecule has 2 aromatic rings. The third-order valence-corrected chi connectivity index (χ3v) is 3.97. The van der Waals surface area contributed by atoms with Crippen LogP contribution in [-0.4, -0.2) is 6.04 Å². The van der Waals surface area contributed by atoms with Gasteiger partial charge in [-0.2, -0.15) is 0 Å². The van der Waals surface area contributed by atoms with Crippen LogP contribution in [0.25, 0.3) is 0 Å². The average Bonchev–Trinajstić information content (AvgIpc) is 2.40. The lowest BCUT2D eigenvalue weighted by Gasteiger charge is -2.36. The number of hydrogen-bond acceptors (Lipinski definition) is 1. The molecule has 0 radical (unpaired) electrons. The Morgan fingerprint density at radius 1 is 0.778 bits per heavy atom. The second kappa shape index (κ2) is 4.58. The third kappa shape index (κ3) is 1.85. The molecular formula is C17H19N. The van der Waals surface area contributed by atoms with Gasteiger partial charge in [-0.15, -0.1) is 0 Å². The molecule has 0 amide bonds. The lowest BCUT2D eigenvalue weighted by molar-refractivity contribution is 0.411. The molecule has 1 N–H and O–H groups in total. The van der Waals surface area contributed by atoms with Gasteiger partial charge in [0.25, 0.3) is 0 Å². The smallest absolute Gasteiger partial charge is 0.0297 e. The Morgan fingerprint density at radius 2 is 1.39 bits per heavy atom. The van der Waals surface area contributed by atoms with Crippen molar-refractivity contribution in [3.8, 4) is 0 Å². The summed E-state index contributed by atoms with van der Waals surface area (Å²) in [4.78, 5) is 0. The summed E-state index contributed by atoms with van der Waals surface area (Å²) in [5.41, 5.74) is 4.31. The van der Waals surface area contributed by atoms with E-state index < -0.39 is 0 Å². The summed E-state index contributed by atoms with van der Waals surface area (Å²) in [6, 6.07) is 20.5. The van der Waals surface area contributed by atoms with Crippen LogP contribution in [0.5, 0.6) is 0 Å². The lowest BCUT2D eigenvalue weighted by Crippen LogP contribution is -2.39. The number of hydrogen-bond donors (Lipinski definition) is 1. The van der Waals surface area contributed by atoms with Gasteiger partial charge in [-0.25, -0.2) is 0 Å². The van der Waals surface area contributed by atoms with E-state index in [-0.39, 0.29) is 0 Å². The number of nitrogens with one attached hydrogen (secondary N) is 1. The first kappa shape index (κ1) is 11.5. The van der Waals surface area contributed by atoms with E-state index in [0.29, 0.717) is 18.0 Å². The van der Waals surface area contributed by atoms with E-state index in [9.17, 15) is 0 Å². The molecule has 0 bridgehead atoms. The topological polar surface area (TPSA) is 12.0 Å². The SMILES string of the molecule is C[C@@H]1N[C@H](C)c2ccccc2[C@H]1c1ccccc1. The predicted molar refractivity (Wildman–Crippen MR) is 75.7 cm³/mol. The van der Waals surface area contributed by atoms with Crippen molar-refractivity contribution in [3.05, 3.63) is 71.3 Å². The fourth-order valence-electron chi connectivity index (χ4n) is 3.17. The zero-order chi connectivity index (χ0) is 12.5. The van der Waals surface area contributed by atoms with Crippen molar-refractivity contribution >= 4 is 0 Å². The first-order valence-corrected chi connectivity index (χ1v) is 6.67. The van der Waals surface area contributed by atoms with Crippen LogP contribution < -0.4 is 5.32 Å². The summed E-state index contributed by atoms with van der Waals surface area (Å²) in [6.07, 6.45) is 0. The summed E-state index contributed by atoms with van der Waals surface area (Å²) in [5.74, 6) is 0.457. The Balaban J connectivity index is 2.12. The van der Waals surface area contributed by atoms with Gasteiger partial charge in [0, 0.05) is 18.0 Å². The fourth-order valence-corrected chi connectivity index (χ4v) is 3.17. The molecule has 1 aliphatic rings. The molecule has 0 aromatic heterocycles. The van der Waals surface area contributed by atoms with Crippen molar-refractivity contribution in [2.45, 2.75) is 31.8 Å². The first-order chi connectivity index (χ1) is 8.77. The molecule has 0 fully saturated rings. The number of benzene rings is 2. The summed E-state index contributed by atoms with van der Waals surface area (Å²) >= 11 is 0. The van der Waals surface area contributed by atoms with Crippen molar-refractivity contribution < 1.29 is 0 Å². The molecule has 1 nitrogen and oxygen atoms in total. The second-order valence-electron chi connectivity index (χ2n) is 5.19. The molecule has 0 aliphatic carbocycles. The van der Waals surface area contributed by atoms with Crippen molar-refractivity contribution in [2.75, 3.05) is 0 Å². The highest BCUT2D eigenvalue weighted by Crippen LogP contribution is 2.37. The summed E-state index contributed by atoms with van der Waals surface area (Å²) in [7, 11) is 0. The van der Waals surface area contributed by atoms with Crippen molar-refractivity contribution in [1.82, 2.24) is 5.32 Å². The summed E-state index contributed by atoms with van der Waals surface area (Å²) in [5, 5.41) is 3.68. The van der Waals surface area contributed by atoms with Crippen molar-refractivity contribution in [3.63, 3.8) is 0 Å². The zero-order valence-corrected chi connectivity index (χ0v) is 10.9. The molecule has 0 spiro atoms. The van der Waals surface area contributed by atoms with Crippen LogP contribution >= 0.6 is 0 Å². The minimum Gasteiger partial charge on any atom is -0.307 e. The van der Waals surface area contributed by atoms with E-state index in [1.54, 1.807) is 0 Å². The minimum atomic E-state index is 0.441. The molecular weight excluding hydrogens is 218 g/mol. The predicted octanol–water partition coefficient (Wildman–Crippen LogP) is 3.87. The van der Waals surface area contributed by atoms with E-state index in [1.165, 1.54) is 16.7 Å². The minimum absolute atomic E-state index is 0.441. The van der Waals surface area contributed by atoms with E-state index in [1.807, 2.05) is 0 Å². The molecule has 0 unspecified atom stereocenters. The Bertz CT molecular complexity index is 532. The van der Waals surface area contributed by atoms with Crippen LogP contribution in [0.1, 0.15) is 42.5 Å². The van der Waals surface area contributed by atoms with Crippen LogP contribution in [0.3, 0.4) is 0 Å². The monoisotopic (exact) mass is 237 g/mol. The van der Waals surface area contributed by atoms with E-state index >= 15 is 0 Å². The summed E-state index contributed by atoms with van der Waals surface area (Å²) < 4.78 is 0. The maximum atomic E-state index is 3.68. The maximum absolute atomic E-state index is 3.68. The highest BCUT2D eigenvalue weighted by atomic mass is 15.0. The van der Waals surface area contributed by atoms with E-state index in [2.05, 4.69) is 73.8 Å².